The number of pyridine rings is 1. The summed E-state index contributed by atoms with van der Waals surface area (Å²) in [5.41, 5.74) is 9.31. The van der Waals surface area contributed by atoms with Crippen molar-refractivity contribution in [3.63, 3.8) is 0 Å². The molecule has 0 radical (unpaired) electrons. The van der Waals surface area contributed by atoms with Gasteiger partial charge in [-0.1, -0.05) is 6.07 Å². The highest BCUT2D eigenvalue weighted by atomic mass is 15.1. The Morgan fingerprint density at radius 2 is 2.10 bits per heavy atom. The van der Waals surface area contributed by atoms with Gasteiger partial charge in [0.1, 0.15) is 0 Å². The van der Waals surface area contributed by atoms with Crippen molar-refractivity contribution in [3.8, 4) is 0 Å². The minimum atomic E-state index is -0.908. The Balaban J connectivity index is 1.95. The molecule has 1 aromatic carbocycles. The highest BCUT2D eigenvalue weighted by Gasteiger charge is 2.33. The Hall–Kier alpha value is -2.73. The predicted molar refractivity (Wildman–Crippen MR) is 77.4 cm³/mol. The summed E-state index contributed by atoms with van der Waals surface area (Å²) in [5.74, 6) is 0. The maximum atomic E-state index is 6.56. The van der Waals surface area contributed by atoms with Crippen LogP contribution in [0.5, 0.6) is 0 Å². The third-order valence-electron chi connectivity index (χ3n) is 3.60. The molecule has 0 aliphatic carbocycles. The number of nitrogens with two attached hydrogens (primary N) is 1. The summed E-state index contributed by atoms with van der Waals surface area (Å²) in [6.07, 6.45) is 6.86. The maximum Gasteiger partial charge on any atom is 0.163 e. The fourth-order valence-electron chi connectivity index (χ4n) is 2.52. The molecule has 1 aliphatic heterocycles. The van der Waals surface area contributed by atoms with Crippen molar-refractivity contribution in [1.82, 2.24) is 15.2 Å². The molecule has 0 fully saturated rings. The second-order valence-corrected chi connectivity index (χ2v) is 4.76. The molecule has 6 heteroatoms. The van der Waals surface area contributed by atoms with Crippen LogP contribution in [0.2, 0.25) is 0 Å². The van der Waals surface area contributed by atoms with Crippen LogP contribution in [0.25, 0.3) is 10.9 Å². The minimum absolute atomic E-state index is 0.872. The lowest BCUT2D eigenvalue weighted by molar-refractivity contribution is 0.571. The second-order valence-electron chi connectivity index (χ2n) is 4.76. The number of benzene rings is 1. The van der Waals surface area contributed by atoms with Gasteiger partial charge in [-0.05, 0) is 23.8 Å². The van der Waals surface area contributed by atoms with E-state index in [0.29, 0.717) is 0 Å². The van der Waals surface area contributed by atoms with Crippen LogP contribution in [-0.4, -0.2) is 21.5 Å². The monoisotopic (exact) mass is 264 g/mol. The van der Waals surface area contributed by atoms with Crippen molar-refractivity contribution in [2.24, 2.45) is 10.7 Å². The van der Waals surface area contributed by atoms with Gasteiger partial charge in [0.15, 0.2) is 5.66 Å². The smallest absolute Gasteiger partial charge is 0.163 e. The highest BCUT2D eigenvalue weighted by molar-refractivity contribution is 5.83. The number of hydrogen-bond acceptors (Lipinski definition) is 5. The van der Waals surface area contributed by atoms with Crippen LogP contribution in [-0.2, 0) is 5.66 Å². The first-order valence-electron chi connectivity index (χ1n) is 6.24. The summed E-state index contributed by atoms with van der Waals surface area (Å²) < 4.78 is 0. The van der Waals surface area contributed by atoms with Gasteiger partial charge in [0.25, 0.3) is 0 Å². The number of nitrogens with zero attached hydrogens (tertiary/aromatic N) is 3. The molecule has 20 heavy (non-hydrogen) atoms. The third kappa shape index (κ3) is 1.45. The van der Waals surface area contributed by atoms with Crippen molar-refractivity contribution in [3.05, 3.63) is 54.0 Å². The molecule has 4 N–H and O–H groups in total. The summed E-state index contributed by atoms with van der Waals surface area (Å²) in [5, 5.41) is 11.0. The van der Waals surface area contributed by atoms with Gasteiger partial charge in [-0.2, -0.15) is 5.10 Å². The molecule has 0 bridgehead atoms. The first kappa shape index (κ1) is 11.1. The second kappa shape index (κ2) is 3.88. The SMILES string of the molecule is NC1(c2ccc3[nH]ncc3c2)N=CNc2cnccc21. The van der Waals surface area contributed by atoms with Gasteiger partial charge >= 0.3 is 0 Å². The third-order valence-corrected chi connectivity index (χ3v) is 3.60. The average molecular weight is 264 g/mol. The number of fused-ring (bicyclic) bond motifs is 2. The van der Waals surface area contributed by atoms with Crippen molar-refractivity contribution < 1.29 is 0 Å². The van der Waals surface area contributed by atoms with Crippen LogP contribution in [0.3, 0.4) is 0 Å². The lowest BCUT2D eigenvalue weighted by Gasteiger charge is -2.31. The molecule has 1 unspecified atom stereocenters. The normalized spacial score (nSPS) is 20.6. The van der Waals surface area contributed by atoms with Crippen LogP contribution in [0.15, 0.2) is 47.8 Å². The van der Waals surface area contributed by atoms with Gasteiger partial charge in [0, 0.05) is 17.1 Å². The van der Waals surface area contributed by atoms with Gasteiger partial charge < -0.3 is 5.32 Å². The Morgan fingerprint density at radius 3 is 3.05 bits per heavy atom. The fraction of sp³-hybridized carbons (Fsp3) is 0.0714. The quantitative estimate of drug-likeness (QED) is 0.622. The van der Waals surface area contributed by atoms with Gasteiger partial charge in [-0.3, -0.25) is 15.8 Å². The standard InChI is InChI=1S/C14H12N6/c15-14(10-1-2-12-9(5-10)6-19-20-12)11-3-4-16-7-13(11)17-8-18-14/h1-8H,15H2,(H,17,18)(H,19,20). The molecule has 0 amide bonds. The Kier molecular flexibility index (Phi) is 2.16. The van der Waals surface area contributed by atoms with Crippen LogP contribution in [0, 0.1) is 0 Å². The predicted octanol–water partition coefficient (Wildman–Crippen LogP) is 1.57. The maximum absolute atomic E-state index is 6.56. The number of nitrogens with one attached hydrogen (secondary N) is 2. The molecule has 1 aliphatic rings. The first-order chi connectivity index (χ1) is 9.77. The van der Waals surface area contributed by atoms with Gasteiger partial charge in [0.2, 0.25) is 0 Å². The van der Waals surface area contributed by atoms with Gasteiger partial charge in [-0.15, -0.1) is 0 Å². The van der Waals surface area contributed by atoms with Crippen LogP contribution >= 0.6 is 0 Å². The Morgan fingerprint density at radius 1 is 1.15 bits per heavy atom. The van der Waals surface area contributed by atoms with Gasteiger partial charge in [0.05, 0.1) is 29.9 Å². The number of rotatable bonds is 1. The molecule has 6 nitrogen and oxygen atoms in total. The van der Waals surface area contributed by atoms with E-state index in [4.69, 9.17) is 5.73 Å². The van der Waals surface area contributed by atoms with E-state index in [9.17, 15) is 0 Å². The van der Waals surface area contributed by atoms with E-state index in [1.807, 2.05) is 24.3 Å². The Bertz CT molecular complexity index is 821. The summed E-state index contributed by atoms with van der Waals surface area (Å²) in [6.45, 7) is 0. The van der Waals surface area contributed by atoms with E-state index in [1.54, 1.807) is 24.9 Å². The molecule has 4 rings (SSSR count). The van der Waals surface area contributed by atoms with E-state index in [2.05, 4.69) is 25.5 Å². The Labute approximate surface area is 114 Å². The van der Waals surface area contributed by atoms with E-state index in [1.165, 1.54) is 0 Å². The average Bonchev–Trinajstić information content (AvgIpc) is 2.95. The lowest BCUT2D eigenvalue weighted by atomic mass is 9.90. The lowest BCUT2D eigenvalue weighted by Crippen LogP contribution is -2.39. The number of H-pyrrole nitrogens is 1. The summed E-state index contributed by atoms with van der Waals surface area (Å²) in [6, 6.07) is 7.82. The number of aromatic amines is 1. The zero-order chi connectivity index (χ0) is 13.6. The molecule has 0 spiro atoms. The number of hydrogen-bond donors (Lipinski definition) is 3. The topological polar surface area (TPSA) is 92.0 Å². The number of aliphatic imine (C=N–C) groups is 1. The fourth-order valence-corrected chi connectivity index (χ4v) is 2.52. The highest BCUT2D eigenvalue weighted by Crippen LogP contribution is 2.35. The largest absolute Gasteiger partial charge is 0.345 e. The van der Waals surface area contributed by atoms with E-state index < -0.39 is 5.66 Å². The molecule has 2 aromatic heterocycles. The summed E-state index contributed by atoms with van der Waals surface area (Å²) in [7, 11) is 0. The molecular weight excluding hydrogens is 252 g/mol. The summed E-state index contributed by atoms with van der Waals surface area (Å²) >= 11 is 0. The van der Waals surface area contributed by atoms with Crippen LogP contribution in [0.4, 0.5) is 5.69 Å². The van der Waals surface area contributed by atoms with E-state index in [0.717, 1.165) is 27.7 Å². The zero-order valence-corrected chi connectivity index (χ0v) is 10.5. The van der Waals surface area contributed by atoms with Crippen molar-refractivity contribution >= 4 is 22.9 Å². The van der Waals surface area contributed by atoms with Gasteiger partial charge in [-0.25, -0.2) is 4.99 Å². The zero-order valence-electron chi connectivity index (χ0n) is 10.5. The van der Waals surface area contributed by atoms with Crippen molar-refractivity contribution in [1.29, 1.82) is 0 Å². The van der Waals surface area contributed by atoms with E-state index >= 15 is 0 Å². The molecule has 3 aromatic rings. The van der Waals surface area contributed by atoms with E-state index in [-0.39, 0.29) is 0 Å². The van der Waals surface area contributed by atoms with Crippen molar-refractivity contribution in [2.45, 2.75) is 5.66 Å². The summed E-state index contributed by atoms with van der Waals surface area (Å²) in [4.78, 5) is 8.55. The number of aromatic nitrogens is 3. The molecule has 1 atom stereocenters. The van der Waals surface area contributed by atoms with Crippen LogP contribution in [0.1, 0.15) is 11.1 Å². The minimum Gasteiger partial charge on any atom is -0.345 e. The number of anilines is 1. The molecule has 3 heterocycles. The molecule has 98 valence electrons. The van der Waals surface area contributed by atoms with Crippen molar-refractivity contribution in [2.75, 3.05) is 5.32 Å². The van der Waals surface area contributed by atoms with Crippen LogP contribution < -0.4 is 11.1 Å². The molecular formula is C14H12N6. The molecule has 0 saturated heterocycles. The first-order valence-corrected chi connectivity index (χ1v) is 6.24. The molecule has 0 saturated carbocycles.